The Balaban J connectivity index is 2.66. The fourth-order valence-corrected chi connectivity index (χ4v) is 2.30. The van der Waals surface area contributed by atoms with E-state index in [1.165, 1.54) is 0 Å². The van der Waals surface area contributed by atoms with Gasteiger partial charge in [-0.2, -0.15) is 0 Å². The number of hydrogen-bond donors (Lipinski definition) is 2. The molecule has 2 unspecified atom stereocenters. The molecular formula is C11H22N2O3. The smallest absolute Gasteiger partial charge is 0.320 e. The third-order valence-electron chi connectivity index (χ3n) is 3.35. The molecule has 1 aliphatic heterocycles. The lowest BCUT2D eigenvalue weighted by atomic mass is 9.93. The van der Waals surface area contributed by atoms with E-state index in [0.717, 1.165) is 19.4 Å². The summed E-state index contributed by atoms with van der Waals surface area (Å²) in [4.78, 5) is 13.1. The Labute approximate surface area is 96.6 Å². The highest BCUT2D eigenvalue weighted by Gasteiger charge is 2.36. The van der Waals surface area contributed by atoms with Crippen LogP contribution in [-0.4, -0.2) is 54.4 Å². The Kier molecular flexibility index (Phi) is 4.70. The number of nitrogens with zero attached hydrogens (tertiary/aromatic N) is 1. The van der Waals surface area contributed by atoms with Crippen molar-refractivity contribution in [2.75, 3.05) is 26.7 Å². The van der Waals surface area contributed by atoms with Crippen LogP contribution in [0.1, 0.15) is 26.2 Å². The SMILES string of the molecule is COC1(C)CCCN(C(CCN)C(=O)O)C1. The van der Waals surface area contributed by atoms with Gasteiger partial charge in [0, 0.05) is 13.7 Å². The maximum absolute atomic E-state index is 11.1. The van der Waals surface area contributed by atoms with E-state index in [0.29, 0.717) is 19.5 Å². The third kappa shape index (κ3) is 3.17. The van der Waals surface area contributed by atoms with Crippen molar-refractivity contribution in [3.8, 4) is 0 Å². The topological polar surface area (TPSA) is 75.8 Å². The van der Waals surface area contributed by atoms with E-state index in [2.05, 4.69) is 0 Å². The highest BCUT2D eigenvalue weighted by atomic mass is 16.5. The van der Waals surface area contributed by atoms with Gasteiger partial charge in [-0.1, -0.05) is 0 Å². The first-order valence-electron chi connectivity index (χ1n) is 5.74. The van der Waals surface area contributed by atoms with E-state index in [4.69, 9.17) is 15.6 Å². The quantitative estimate of drug-likeness (QED) is 0.710. The summed E-state index contributed by atoms with van der Waals surface area (Å²) in [6, 6.07) is -0.472. The van der Waals surface area contributed by atoms with Crippen LogP contribution in [-0.2, 0) is 9.53 Å². The molecule has 0 spiro atoms. The second kappa shape index (κ2) is 5.61. The molecule has 5 nitrogen and oxygen atoms in total. The predicted molar refractivity (Wildman–Crippen MR) is 61.3 cm³/mol. The van der Waals surface area contributed by atoms with Crippen LogP contribution in [0.2, 0.25) is 0 Å². The van der Waals surface area contributed by atoms with Crippen LogP contribution in [0.4, 0.5) is 0 Å². The van der Waals surface area contributed by atoms with Gasteiger partial charge < -0.3 is 15.6 Å². The molecule has 0 aromatic heterocycles. The molecule has 0 bridgehead atoms. The number of carbonyl (C=O) groups is 1. The first kappa shape index (κ1) is 13.4. The highest BCUT2D eigenvalue weighted by molar-refractivity contribution is 5.73. The lowest BCUT2D eigenvalue weighted by Crippen LogP contribution is -2.53. The van der Waals surface area contributed by atoms with Crippen LogP contribution in [0.3, 0.4) is 0 Å². The summed E-state index contributed by atoms with van der Waals surface area (Å²) in [5.74, 6) is -0.786. The average Bonchev–Trinajstić information content (AvgIpc) is 2.25. The number of hydrogen-bond acceptors (Lipinski definition) is 4. The molecule has 1 saturated heterocycles. The maximum Gasteiger partial charge on any atom is 0.320 e. The minimum Gasteiger partial charge on any atom is -0.480 e. The summed E-state index contributed by atoms with van der Waals surface area (Å²) in [6.45, 7) is 3.91. The molecule has 1 aliphatic rings. The van der Waals surface area contributed by atoms with Gasteiger partial charge in [0.15, 0.2) is 0 Å². The van der Waals surface area contributed by atoms with Crippen LogP contribution in [0.15, 0.2) is 0 Å². The number of aliphatic carboxylic acids is 1. The maximum atomic E-state index is 11.1. The van der Waals surface area contributed by atoms with E-state index >= 15 is 0 Å². The minimum atomic E-state index is -0.786. The van der Waals surface area contributed by atoms with Crippen LogP contribution >= 0.6 is 0 Å². The molecule has 2 atom stereocenters. The summed E-state index contributed by atoms with van der Waals surface area (Å²) in [5, 5.41) is 9.16. The normalized spacial score (nSPS) is 28.9. The molecule has 1 heterocycles. The molecule has 3 N–H and O–H groups in total. The summed E-state index contributed by atoms with van der Waals surface area (Å²) in [5.41, 5.74) is 5.23. The van der Waals surface area contributed by atoms with Crippen molar-refractivity contribution in [3.63, 3.8) is 0 Å². The number of rotatable bonds is 5. The molecule has 0 saturated carbocycles. The number of carboxylic acids is 1. The van der Waals surface area contributed by atoms with Gasteiger partial charge in [0.1, 0.15) is 6.04 Å². The van der Waals surface area contributed by atoms with Crippen molar-refractivity contribution in [1.29, 1.82) is 0 Å². The Bertz CT molecular complexity index is 247. The highest BCUT2D eigenvalue weighted by Crippen LogP contribution is 2.25. The first-order valence-corrected chi connectivity index (χ1v) is 5.74. The third-order valence-corrected chi connectivity index (χ3v) is 3.35. The van der Waals surface area contributed by atoms with Gasteiger partial charge in [-0.3, -0.25) is 9.69 Å². The Morgan fingerprint density at radius 1 is 1.69 bits per heavy atom. The lowest BCUT2D eigenvalue weighted by Gasteiger charge is -2.41. The number of ether oxygens (including phenoxy) is 1. The molecule has 0 radical (unpaired) electrons. The predicted octanol–water partition coefficient (Wildman–Crippen LogP) is 0.289. The van der Waals surface area contributed by atoms with Crippen molar-refractivity contribution in [2.24, 2.45) is 5.73 Å². The van der Waals surface area contributed by atoms with Crippen molar-refractivity contribution >= 4 is 5.97 Å². The first-order chi connectivity index (χ1) is 7.52. The molecule has 0 amide bonds. The van der Waals surface area contributed by atoms with Crippen molar-refractivity contribution < 1.29 is 14.6 Å². The van der Waals surface area contributed by atoms with E-state index in [-0.39, 0.29) is 5.60 Å². The van der Waals surface area contributed by atoms with Gasteiger partial charge in [0.2, 0.25) is 0 Å². The largest absolute Gasteiger partial charge is 0.480 e. The number of methoxy groups -OCH3 is 1. The lowest BCUT2D eigenvalue weighted by molar-refractivity contribution is -0.147. The molecule has 0 aromatic rings. The van der Waals surface area contributed by atoms with Crippen LogP contribution < -0.4 is 5.73 Å². The minimum absolute atomic E-state index is 0.222. The molecule has 0 aliphatic carbocycles. The Morgan fingerprint density at radius 2 is 2.38 bits per heavy atom. The zero-order valence-electron chi connectivity index (χ0n) is 10.1. The summed E-state index contributed by atoms with van der Waals surface area (Å²) in [6.07, 6.45) is 2.45. The van der Waals surface area contributed by atoms with Crippen molar-refractivity contribution in [1.82, 2.24) is 4.90 Å². The van der Waals surface area contributed by atoms with Crippen molar-refractivity contribution in [2.45, 2.75) is 37.8 Å². The zero-order valence-corrected chi connectivity index (χ0v) is 10.1. The van der Waals surface area contributed by atoms with E-state index in [9.17, 15) is 4.79 Å². The second-order valence-corrected chi connectivity index (χ2v) is 4.66. The van der Waals surface area contributed by atoms with E-state index in [1.807, 2.05) is 11.8 Å². The molecule has 1 fully saturated rings. The monoisotopic (exact) mass is 230 g/mol. The average molecular weight is 230 g/mol. The summed E-state index contributed by atoms with van der Waals surface area (Å²) >= 11 is 0. The zero-order chi connectivity index (χ0) is 12.2. The molecule has 1 rings (SSSR count). The fourth-order valence-electron chi connectivity index (χ4n) is 2.30. The number of piperidine rings is 1. The van der Waals surface area contributed by atoms with E-state index in [1.54, 1.807) is 7.11 Å². The van der Waals surface area contributed by atoms with Gasteiger partial charge in [-0.05, 0) is 39.3 Å². The van der Waals surface area contributed by atoms with Gasteiger partial charge in [-0.25, -0.2) is 0 Å². The number of carboxylic acid groups (broad SMARTS) is 1. The number of nitrogens with two attached hydrogens (primary N) is 1. The molecular weight excluding hydrogens is 208 g/mol. The van der Waals surface area contributed by atoms with Gasteiger partial charge in [0.25, 0.3) is 0 Å². The van der Waals surface area contributed by atoms with Crippen LogP contribution in [0.5, 0.6) is 0 Å². The summed E-state index contributed by atoms with van der Waals surface area (Å²) in [7, 11) is 1.68. The molecule has 5 heteroatoms. The van der Waals surface area contributed by atoms with Crippen LogP contribution in [0, 0.1) is 0 Å². The van der Waals surface area contributed by atoms with Crippen molar-refractivity contribution in [3.05, 3.63) is 0 Å². The van der Waals surface area contributed by atoms with Crippen LogP contribution in [0.25, 0.3) is 0 Å². The van der Waals surface area contributed by atoms with Gasteiger partial charge in [-0.15, -0.1) is 0 Å². The molecule has 16 heavy (non-hydrogen) atoms. The fraction of sp³-hybridized carbons (Fsp3) is 0.909. The number of likely N-dealkylation sites (tertiary alicyclic amines) is 1. The summed E-state index contributed by atoms with van der Waals surface area (Å²) < 4.78 is 5.45. The van der Waals surface area contributed by atoms with E-state index < -0.39 is 12.0 Å². The Hall–Kier alpha value is -0.650. The standard InChI is InChI=1S/C11H22N2O3/c1-11(16-2)5-3-7-13(8-11)9(4-6-12)10(14)15/h9H,3-8,12H2,1-2H3,(H,14,15). The van der Waals surface area contributed by atoms with Gasteiger partial charge in [0.05, 0.1) is 5.60 Å². The van der Waals surface area contributed by atoms with Gasteiger partial charge >= 0.3 is 5.97 Å². The second-order valence-electron chi connectivity index (χ2n) is 4.66. The molecule has 0 aromatic carbocycles. The molecule has 94 valence electrons. The Morgan fingerprint density at radius 3 is 2.88 bits per heavy atom.